The van der Waals surface area contributed by atoms with Crippen LogP contribution in [0.25, 0.3) is 0 Å². The third-order valence-corrected chi connectivity index (χ3v) is 5.31. The van der Waals surface area contributed by atoms with Crippen LogP contribution >= 0.6 is 0 Å². The van der Waals surface area contributed by atoms with Gasteiger partial charge in [0.15, 0.2) is 5.96 Å². The molecule has 3 rings (SSSR count). The van der Waals surface area contributed by atoms with Crippen molar-refractivity contribution in [2.75, 3.05) is 51.4 Å². The number of rotatable bonds is 8. The molecule has 6 nitrogen and oxygen atoms in total. The van der Waals surface area contributed by atoms with Crippen molar-refractivity contribution in [1.29, 1.82) is 0 Å². The molecule has 0 unspecified atom stereocenters. The maximum atomic E-state index is 14.6. The van der Waals surface area contributed by atoms with Crippen molar-refractivity contribution in [3.63, 3.8) is 0 Å². The SMILES string of the molecule is CCNC(=NCc1ccc(N2CCOCC2)c(F)c1)NCCc1ccc(C)c(OC)c1. The zero-order chi connectivity index (χ0) is 22.1. The van der Waals surface area contributed by atoms with Gasteiger partial charge in [-0.15, -0.1) is 0 Å². The van der Waals surface area contributed by atoms with Crippen molar-refractivity contribution in [2.45, 2.75) is 26.8 Å². The van der Waals surface area contributed by atoms with Crippen LogP contribution in [-0.2, 0) is 17.7 Å². The van der Waals surface area contributed by atoms with Gasteiger partial charge < -0.3 is 25.0 Å². The average Bonchev–Trinajstić information content (AvgIpc) is 2.79. The number of benzene rings is 2. The molecule has 7 heteroatoms. The first-order valence-electron chi connectivity index (χ1n) is 10.9. The van der Waals surface area contributed by atoms with E-state index in [4.69, 9.17) is 9.47 Å². The van der Waals surface area contributed by atoms with Gasteiger partial charge in [-0.05, 0) is 55.2 Å². The highest BCUT2D eigenvalue weighted by Gasteiger charge is 2.15. The molecule has 31 heavy (non-hydrogen) atoms. The molecule has 0 bridgehead atoms. The summed E-state index contributed by atoms with van der Waals surface area (Å²) in [5.41, 5.74) is 3.80. The number of hydrogen-bond donors (Lipinski definition) is 2. The van der Waals surface area contributed by atoms with Gasteiger partial charge in [0.05, 0.1) is 32.6 Å². The second kappa shape index (κ2) is 11.6. The van der Waals surface area contributed by atoms with Gasteiger partial charge in [0.1, 0.15) is 11.6 Å². The molecule has 1 heterocycles. The van der Waals surface area contributed by atoms with Crippen molar-refractivity contribution < 1.29 is 13.9 Å². The number of methoxy groups -OCH3 is 1. The van der Waals surface area contributed by atoms with Gasteiger partial charge in [-0.1, -0.05) is 18.2 Å². The Hall–Kier alpha value is -2.80. The Labute approximate surface area is 184 Å². The number of ether oxygens (including phenoxy) is 2. The fourth-order valence-electron chi connectivity index (χ4n) is 3.57. The molecule has 1 aliphatic heterocycles. The first-order chi connectivity index (χ1) is 15.1. The quantitative estimate of drug-likeness (QED) is 0.499. The average molecular weight is 429 g/mol. The van der Waals surface area contributed by atoms with Gasteiger partial charge >= 0.3 is 0 Å². The smallest absolute Gasteiger partial charge is 0.191 e. The van der Waals surface area contributed by atoms with Crippen LogP contribution in [-0.4, -0.2) is 52.5 Å². The van der Waals surface area contributed by atoms with Gasteiger partial charge in [0.2, 0.25) is 0 Å². The minimum absolute atomic E-state index is 0.208. The number of aliphatic imine (C=N–C) groups is 1. The highest BCUT2D eigenvalue weighted by Crippen LogP contribution is 2.22. The summed E-state index contributed by atoms with van der Waals surface area (Å²) in [6.07, 6.45) is 0.851. The Morgan fingerprint density at radius 2 is 1.90 bits per heavy atom. The Morgan fingerprint density at radius 1 is 1.13 bits per heavy atom. The van der Waals surface area contributed by atoms with Crippen LogP contribution in [0, 0.1) is 12.7 Å². The number of anilines is 1. The van der Waals surface area contributed by atoms with E-state index in [1.54, 1.807) is 13.2 Å². The molecule has 0 amide bonds. The van der Waals surface area contributed by atoms with Crippen LogP contribution in [0.1, 0.15) is 23.6 Å². The van der Waals surface area contributed by atoms with Crippen molar-refractivity contribution in [3.05, 3.63) is 58.9 Å². The zero-order valence-electron chi connectivity index (χ0n) is 18.7. The molecule has 2 aromatic carbocycles. The van der Waals surface area contributed by atoms with Crippen molar-refractivity contribution >= 4 is 11.6 Å². The van der Waals surface area contributed by atoms with Crippen LogP contribution in [0.3, 0.4) is 0 Å². The normalized spacial score (nSPS) is 14.5. The summed E-state index contributed by atoms with van der Waals surface area (Å²) >= 11 is 0. The molecule has 0 saturated carbocycles. The van der Waals surface area contributed by atoms with E-state index in [2.05, 4.69) is 33.8 Å². The zero-order valence-corrected chi connectivity index (χ0v) is 18.7. The topological polar surface area (TPSA) is 58.1 Å². The summed E-state index contributed by atoms with van der Waals surface area (Å²) < 4.78 is 25.4. The number of nitrogens with zero attached hydrogens (tertiary/aromatic N) is 2. The van der Waals surface area contributed by atoms with E-state index in [1.807, 2.05) is 30.9 Å². The Kier molecular flexibility index (Phi) is 8.53. The standard InChI is InChI=1S/C24H33FN4O2/c1-4-26-24(27-10-9-19-6-5-18(2)23(16-19)30-3)28-17-20-7-8-22(21(25)15-20)29-11-13-31-14-12-29/h5-8,15-16H,4,9-14,17H2,1-3H3,(H2,26,27,28). The Balaban J connectivity index is 1.57. The number of hydrogen-bond acceptors (Lipinski definition) is 4. The Bertz CT molecular complexity index is 882. The van der Waals surface area contributed by atoms with E-state index in [0.717, 1.165) is 55.4 Å². The molecule has 2 N–H and O–H groups in total. The van der Waals surface area contributed by atoms with Gasteiger partial charge in [0.25, 0.3) is 0 Å². The lowest BCUT2D eigenvalue weighted by Gasteiger charge is -2.29. The molecule has 2 aromatic rings. The second-order valence-electron chi connectivity index (χ2n) is 7.56. The summed E-state index contributed by atoms with van der Waals surface area (Å²) in [5, 5.41) is 6.60. The van der Waals surface area contributed by atoms with E-state index in [1.165, 1.54) is 5.56 Å². The van der Waals surface area contributed by atoms with E-state index in [0.29, 0.717) is 25.4 Å². The fourth-order valence-corrected chi connectivity index (χ4v) is 3.57. The highest BCUT2D eigenvalue weighted by molar-refractivity contribution is 5.79. The number of morpholine rings is 1. The van der Waals surface area contributed by atoms with Crippen LogP contribution in [0.2, 0.25) is 0 Å². The molecule has 0 atom stereocenters. The maximum absolute atomic E-state index is 14.6. The largest absolute Gasteiger partial charge is 0.496 e. The lowest BCUT2D eigenvalue weighted by molar-refractivity contribution is 0.122. The van der Waals surface area contributed by atoms with Gasteiger partial charge in [0, 0.05) is 26.2 Å². The van der Waals surface area contributed by atoms with Crippen LogP contribution in [0.5, 0.6) is 5.75 Å². The molecular weight excluding hydrogens is 395 g/mol. The molecule has 1 fully saturated rings. The van der Waals surface area contributed by atoms with Crippen molar-refractivity contribution in [1.82, 2.24) is 10.6 Å². The van der Waals surface area contributed by atoms with Crippen molar-refractivity contribution in [3.8, 4) is 5.75 Å². The molecule has 0 spiro atoms. The lowest BCUT2D eigenvalue weighted by Crippen LogP contribution is -2.38. The van der Waals surface area contributed by atoms with E-state index >= 15 is 0 Å². The molecule has 1 saturated heterocycles. The maximum Gasteiger partial charge on any atom is 0.191 e. The summed E-state index contributed by atoms with van der Waals surface area (Å²) in [6, 6.07) is 11.6. The predicted octanol–water partition coefficient (Wildman–Crippen LogP) is 3.28. The van der Waals surface area contributed by atoms with Crippen molar-refractivity contribution in [2.24, 2.45) is 4.99 Å². The van der Waals surface area contributed by atoms with Gasteiger partial charge in [-0.3, -0.25) is 0 Å². The van der Waals surface area contributed by atoms with Gasteiger partial charge in [-0.25, -0.2) is 9.38 Å². The molecule has 168 valence electrons. The number of nitrogens with one attached hydrogen (secondary N) is 2. The van der Waals surface area contributed by atoms with Crippen LogP contribution in [0.15, 0.2) is 41.4 Å². The lowest BCUT2D eigenvalue weighted by atomic mass is 10.1. The van der Waals surface area contributed by atoms with Gasteiger partial charge in [-0.2, -0.15) is 0 Å². The number of guanidine groups is 1. The van der Waals surface area contributed by atoms with Crippen LogP contribution in [0.4, 0.5) is 10.1 Å². The third kappa shape index (κ3) is 6.59. The minimum Gasteiger partial charge on any atom is -0.496 e. The highest BCUT2D eigenvalue weighted by atomic mass is 19.1. The second-order valence-corrected chi connectivity index (χ2v) is 7.56. The molecule has 1 aliphatic rings. The number of halogens is 1. The summed E-state index contributed by atoms with van der Waals surface area (Å²) in [7, 11) is 1.69. The predicted molar refractivity (Wildman–Crippen MR) is 124 cm³/mol. The van der Waals surface area contributed by atoms with Crippen LogP contribution < -0.4 is 20.3 Å². The van der Waals surface area contributed by atoms with E-state index in [-0.39, 0.29) is 5.82 Å². The summed E-state index contributed by atoms with van der Waals surface area (Å²) in [4.78, 5) is 6.64. The Morgan fingerprint density at radius 3 is 2.61 bits per heavy atom. The first-order valence-corrected chi connectivity index (χ1v) is 10.9. The monoisotopic (exact) mass is 428 g/mol. The molecule has 0 aromatic heterocycles. The molecular formula is C24H33FN4O2. The van der Waals surface area contributed by atoms with E-state index in [9.17, 15) is 4.39 Å². The third-order valence-electron chi connectivity index (χ3n) is 5.31. The summed E-state index contributed by atoms with van der Waals surface area (Å²) in [5.74, 6) is 1.42. The molecule has 0 aliphatic carbocycles. The first kappa shape index (κ1) is 22.9. The van der Waals surface area contributed by atoms with E-state index < -0.39 is 0 Å². The number of aryl methyl sites for hydroxylation is 1. The fraction of sp³-hybridized carbons (Fsp3) is 0.458. The molecule has 0 radical (unpaired) electrons. The summed E-state index contributed by atoms with van der Waals surface area (Å²) in [6.45, 7) is 8.68. The minimum atomic E-state index is -0.208.